The molecule has 4 heteroatoms. The van der Waals surface area contributed by atoms with Crippen LogP contribution >= 0.6 is 0 Å². The van der Waals surface area contributed by atoms with Gasteiger partial charge in [-0.05, 0) is 50.3 Å². The van der Waals surface area contributed by atoms with E-state index in [0.29, 0.717) is 12.1 Å². The van der Waals surface area contributed by atoms with E-state index >= 15 is 0 Å². The summed E-state index contributed by atoms with van der Waals surface area (Å²) in [4.78, 5) is 4.50. The molecule has 20 heavy (non-hydrogen) atoms. The van der Waals surface area contributed by atoms with Gasteiger partial charge in [0.15, 0.2) is 0 Å². The number of rotatable bonds is 7. The fraction of sp³-hybridized carbons (Fsp3) is 0.688. The van der Waals surface area contributed by atoms with Crippen molar-refractivity contribution < 1.29 is 9.47 Å². The Bertz CT molecular complexity index is 419. The van der Waals surface area contributed by atoms with Crippen molar-refractivity contribution in [3.8, 4) is 0 Å². The third-order valence-electron chi connectivity index (χ3n) is 4.14. The van der Waals surface area contributed by atoms with Crippen LogP contribution in [0.2, 0.25) is 0 Å². The summed E-state index contributed by atoms with van der Waals surface area (Å²) in [5.74, 6) is 0. The molecule has 2 heterocycles. The summed E-state index contributed by atoms with van der Waals surface area (Å²) >= 11 is 0. The summed E-state index contributed by atoms with van der Waals surface area (Å²) in [7, 11) is 0. The van der Waals surface area contributed by atoms with Gasteiger partial charge in [0.1, 0.15) is 0 Å². The van der Waals surface area contributed by atoms with Gasteiger partial charge in [0.25, 0.3) is 0 Å². The lowest BCUT2D eigenvalue weighted by molar-refractivity contribution is 0.0165. The SMILES string of the molecule is c1cnc2c(c1)CCC2NCCCOCC1CCCO1. The fourth-order valence-electron chi connectivity index (χ4n) is 3.05. The smallest absolute Gasteiger partial charge is 0.0809 e. The highest BCUT2D eigenvalue weighted by Crippen LogP contribution is 2.28. The van der Waals surface area contributed by atoms with Crippen molar-refractivity contribution in [2.45, 2.75) is 44.2 Å². The molecule has 0 amide bonds. The highest BCUT2D eigenvalue weighted by molar-refractivity contribution is 5.27. The molecule has 2 unspecified atom stereocenters. The molecule has 1 aromatic rings. The minimum Gasteiger partial charge on any atom is -0.379 e. The standard InChI is InChI=1S/C16H24N2O2/c1-4-13-6-7-15(16(13)18-8-1)17-9-3-10-19-12-14-5-2-11-20-14/h1,4,8,14-15,17H,2-3,5-7,9-12H2. The molecule has 1 fully saturated rings. The summed E-state index contributed by atoms with van der Waals surface area (Å²) in [5.41, 5.74) is 2.65. The first kappa shape index (κ1) is 14.0. The van der Waals surface area contributed by atoms with E-state index in [1.807, 2.05) is 12.3 Å². The van der Waals surface area contributed by atoms with E-state index in [1.54, 1.807) is 0 Å². The largest absolute Gasteiger partial charge is 0.379 e. The van der Waals surface area contributed by atoms with Crippen molar-refractivity contribution in [1.82, 2.24) is 10.3 Å². The third kappa shape index (κ3) is 3.57. The quantitative estimate of drug-likeness (QED) is 0.776. The first-order chi connectivity index (χ1) is 9.93. The van der Waals surface area contributed by atoms with Gasteiger partial charge in [0, 0.05) is 19.4 Å². The van der Waals surface area contributed by atoms with Crippen LogP contribution in [-0.4, -0.2) is 37.5 Å². The molecular formula is C16H24N2O2. The Morgan fingerprint density at radius 1 is 1.40 bits per heavy atom. The van der Waals surface area contributed by atoms with E-state index in [4.69, 9.17) is 9.47 Å². The Hall–Kier alpha value is -0.970. The van der Waals surface area contributed by atoms with E-state index < -0.39 is 0 Å². The van der Waals surface area contributed by atoms with Gasteiger partial charge in [-0.3, -0.25) is 4.98 Å². The van der Waals surface area contributed by atoms with Gasteiger partial charge in [-0.25, -0.2) is 0 Å². The van der Waals surface area contributed by atoms with E-state index in [0.717, 1.165) is 45.6 Å². The highest BCUT2D eigenvalue weighted by atomic mass is 16.5. The fourth-order valence-corrected chi connectivity index (χ4v) is 3.05. The average molecular weight is 276 g/mol. The molecule has 0 radical (unpaired) electrons. The van der Waals surface area contributed by atoms with Crippen LogP contribution in [0.5, 0.6) is 0 Å². The topological polar surface area (TPSA) is 43.4 Å². The number of nitrogens with zero attached hydrogens (tertiary/aromatic N) is 1. The number of aromatic nitrogens is 1. The predicted molar refractivity (Wildman–Crippen MR) is 77.7 cm³/mol. The van der Waals surface area contributed by atoms with Gasteiger partial charge >= 0.3 is 0 Å². The molecule has 3 rings (SSSR count). The van der Waals surface area contributed by atoms with Gasteiger partial charge in [0.2, 0.25) is 0 Å². The van der Waals surface area contributed by atoms with Crippen LogP contribution in [0.3, 0.4) is 0 Å². The maximum atomic E-state index is 5.67. The Kier molecular flexibility index (Phi) is 5.01. The molecule has 1 aliphatic heterocycles. The predicted octanol–water partition coefficient (Wildman–Crippen LogP) is 2.24. The maximum Gasteiger partial charge on any atom is 0.0809 e. The van der Waals surface area contributed by atoms with Gasteiger partial charge in [-0.15, -0.1) is 0 Å². The zero-order valence-electron chi connectivity index (χ0n) is 12.0. The van der Waals surface area contributed by atoms with Crippen LogP contribution in [0.4, 0.5) is 0 Å². The van der Waals surface area contributed by atoms with Crippen molar-refractivity contribution in [1.29, 1.82) is 0 Å². The Morgan fingerprint density at radius 3 is 3.30 bits per heavy atom. The van der Waals surface area contributed by atoms with E-state index in [-0.39, 0.29) is 0 Å². The highest BCUT2D eigenvalue weighted by Gasteiger charge is 2.22. The molecule has 0 saturated carbocycles. The molecule has 2 aliphatic rings. The first-order valence-electron chi connectivity index (χ1n) is 7.80. The second-order valence-corrected chi connectivity index (χ2v) is 5.66. The van der Waals surface area contributed by atoms with E-state index in [2.05, 4.69) is 16.4 Å². The van der Waals surface area contributed by atoms with E-state index in [9.17, 15) is 0 Å². The summed E-state index contributed by atoms with van der Waals surface area (Å²) in [6.45, 7) is 3.47. The maximum absolute atomic E-state index is 5.67. The minimum atomic E-state index is 0.342. The lowest BCUT2D eigenvalue weighted by atomic mass is 10.2. The molecule has 0 spiro atoms. The molecule has 110 valence electrons. The molecule has 0 aromatic carbocycles. The number of hydrogen-bond acceptors (Lipinski definition) is 4. The summed E-state index contributed by atoms with van der Waals surface area (Å²) < 4.78 is 11.2. The van der Waals surface area contributed by atoms with Crippen LogP contribution in [0.1, 0.15) is 43.0 Å². The van der Waals surface area contributed by atoms with Crippen molar-refractivity contribution in [3.63, 3.8) is 0 Å². The third-order valence-corrected chi connectivity index (χ3v) is 4.14. The summed E-state index contributed by atoms with van der Waals surface area (Å²) in [5, 5.41) is 3.59. The molecule has 1 aromatic heterocycles. The van der Waals surface area contributed by atoms with Crippen LogP contribution in [0.25, 0.3) is 0 Å². The van der Waals surface area contributed by atoms with Gasteiger partial charge in [0.05, 0.1) is 24.4 Å². The number of aryl methyl sites for hydroxylation is 1. The van der Waals surface area contributed by atoms with Gasteiger partial charge in [-0.1, -0.05) is 6.07 Å². The molecule has 1 N–H and O–H groups in total. The van der Waals surface area contributed by atoms with Crippen molar-refractivity contribution >= 4 is 0 Å². The van der Waals surface area contributed by atoms with Crippen molar-refractivity contribution in [3.05, 3.63) is 29.6 Å². The lowest BCUT2D eigenvalue weighted by Gasteiger charge is -2.14. The normalized spacial score (nSPS) is 25.0. The molecular weight excluding hydrogens is 252 g/mol. The molecule has 1 aliphatic carbocycles. The zero-order valence-corrected chi connectivity index (χ0v) is 12.0. The second-order valence-electron chi connectivity index (χ2n) is 5.66. The zero-order chi connectivity index (χ0) is 13.6. The molecule has 1 saturated heterocycles. The van der Waals surface area contributed by atoms with Gasteiger partial charge in [-0.2, -0.15) is 0 Å². The average Bonchev–Trinajstić information content (AvgIpc) is 3.12. The summed E-state index contributed by atoms with van der Waals surface area (Å²) in [6, 6.07) is 4.65. The number of pyridine rings is 1. The monoisotopic (exact) mass is 276 g/mol. The number of ether oxygens (including phenoxy) is 2. The Labute approximate surface area is 120 Å². The lowest BCUT2D eigenvalue weighted by Crippen LogP contribution is -2.23. The molecule has 0 bridgehead atoms. The number of nitrogens with one attached hydrogen (secondary N) is 1. The van der Waals surface area contributed by atoms with Crippen molar-refractivity contribution in [2.24, 2.45) is 0 Å². The minimum absolute atomic E-state index is 0.342. The Balaban J connectivity index is 1.29. The second kappa shape index (κ2) is 7.16. The van der Waals surface area contributed by atoms with Crippen LogP contribution in [0, 0.1) is 0 Å². The van der Waals surface area contributed by atoms with E-state index in [1.165, 1.54) is 24.1 Å². The number of fused-ring (bicyclic) bond motifs is 1. The van der Waals surface area contributed by atoms with Crippen LogP contribution < -0.4 is 5.32 Å². The van der Waals surface area contributed by atoms with Gasteiger partial charge < -0.3 is 14.8 Å². The Morgan fingerprint density at radius 2 is 2.40 bits per heavy atom. The van der Waals surface area contributed by atoms with Crippen LogP contribution in [-0.2, 0) is 15.9 Å². The molecule has 4 nitrogen and oxygen atoms in total. The molecule has 2 atom stereocenters. The van der Waals surface area contributed by atoms with Crippen LogP contribution in [0.15, 0.2) is 18.3 Å². The van der Waals surface area contributed by atoms with Crippen molar-refractivity contribution in [2.75, 3.05) is 26.4 Å². The summed E-state index contributed by atoms with van der Waals surface area (Å²) in [6.07, 6.45) is 7.94. The number of hydrogen-bond donors (Lipinski definition) is 1. The first-order valence-corrected chi connectivity index (χ1v) is 7.80.